The van der Waals surface area contributed by atoms with E-state index in [4.69, 9.17) is 14.6 Å². The summed E-state index contributed by atoms with van der Waals surface area (Å²) in [5, 5.41) is 8.94. The number of aromatic nitrogens is 2. The van der Waals surface area contributed by atoms with Crippen LogP contribution in [-0.2, 0) is 4.79 Å². The molecule has 0 aliphatic rings. The summed E-state index contributed by atoms with van der Waals surface area (Å²) < 4.78 is 13.1. The predicted molar refractivity (Wildman–Crippen MR) is 147 cm³/mol. The molecule has 1 heterocycles. The van der Waals surface area contributed by atoms with Gasteiger partial charge in [-0.25, -0.2) is 10.1 Å². The zero-order valence-corrected chi connectivity index (χ0v) is 21.4. The molecule has 190 valence electrons. The summed E-state index contributed by atoms with van der Waals surface area (Å²) in [5.74, 6) is 1.55. The summed E-state index contributed by atoms with van der Waals surface area (Å²) in [5.41, 5.74) is 7.10. The molecule has 0 aliphatic heterocycles. The molecule has 7 heteroatoms. The molecular weight excluding hydrogens is 464 g/mol. The Morgan fingerprint density at radius 3 is 2.32 bits per heavy atom. The van der Waals surface area contributed by atoms with Gasteiger partial charge in [-0.15, -0.1) is 0 Å². The van der Waals surface area contributed by atoms with Crippen molar-refractivity contribution in [3.05, 3.63) is 96.2 Å². The number of nitrogens with one attached hydrogen (secondary N) is 1. The van der Waals surface area contributed by atoms with Crippen molar-refractivity contribution in [1.82, 2.24) is 15.2 Å². The first-order valence-electron chi connectivity index (χ1n) is 12.5. The third kappa shape index (κ3) is 7.07. The van der Waals surface area contributed by atoms with E-state index in [1.165, 1.54) is 5.56 Å². The van der Waals surface area contributed by atoms with Crippen LogP contribution in [0.2, 0.25) is 0 Å². The van der Waals surface area contributed by atoms with Crippen molar-refractivity contribution in [2.24, 2.45) is 5.10 Å². The zero-order valence-electron chi connectivity index (χ0n) is 21.4. The van der Waals surface area contributed by atoms with Crippen molar-refractivity contribution < 1.29 is 14.3 Å². The van der Waals surface area contributed by atoms with E-state index in [1.807, 2.05) is 85.1 Å². The van der Waals surface area contributed by atoms with E-state index in [-0.39, 0.29) is 12.5 Å². The highest BCUT2D eigenvalue weighted by molar-refractivity contribution is 5.89. The van der Waals surface area contributed by atoms with Gasteiger partial charge in [0.1, 0.15) is 17.2 Å². The third-order valence-corrected chi connectivity index (χ3v) is 5.67. The highest BCUT2D eigenvalue weighted by Gasteiger charge is 2.12. The van der Waals surface area contributed by atoms with E-state index in [1.54, 1.807) is 10.9 Å². The Hall–Kier alpha value is -4.39. The number of ether oxygens (including phenoxy) is 2. The quantitative estimate of drug-likeness (QED) is 0.205. The van der Waals surface area contributed by atoms with Gasteiger partial charge in [0.05, 0.1) is 18.5 Å². The number of carbonyl (C=O) groups excluding carboxylic acids is 1. The van der Waals surface area contributed by atoms with Gasteiger partial charge in [0.2, 0.25) is 0 Å². The van der Waals surface area contributed by atoms with Gasteiger partial charge in [0.25, 0.3) is 5.91 Å². The second-order valence-corrected chi connectivity index (χ2v) is 8.89. The Bertz CT molecular complexity index is 1310. The largest absolute Gasteiger partial charge is 0.494 e. The van der Waals surface area contributed by atoms with Gasteiger partial charge in [-0.2, -0.15) is 10.2 Å². The zero-order chi connectivity index (χ0) is 26.0. The van der Waals surface area contributed by atoms with Crippen LogP contribution in [0.1, 0.15) is 44.2 Å². The van der Waals surface area contributed by atoms with Crippen LogP contribution in [0.15, 0.2) is 90.2 Å². The molecule has 0 aliphatic carbocycles. The number of nitrogens with zero attached hydrogens (tertiary/aromatic N) is 3. The molecule has 0 saturated heterocycles. The fraction of sp³-hybridized carbons (Fsp3) is 0.233. The minimum Gasteiger partial charge on any atom is -0.494 e. The van der Waals surface area contributed by atoms with Crippen LogP contribution in [-0.4, -0.2) is 35.1 Å². The molecule has 1 aromatic heterocycles. The summed E-state index contributed by atoms with van der Waals surface area (Å²) >= 11 is 0. The maximum atomic E-state index is 12.3. The molecule has 0 fully saturated rings. The summed E-state index contributed by atoms with van der Waals surface area (Å²) in [6, 6.07) is 25.4. The molecule has 0 bridgehead atoms. The molecular formula is C30H32N4O3. The number of hydrazone groups is 1. The molecule has 0 saturated carbocycles. The Kier molecular flexibility index (Phi) is 8.70. The average Bonchev–Trinajstić information content (AvgIpc) is 3.36. The molecule has 1 amide bonds. The molecule has 0 atom stereocenters. The maximum absolute atomic E-state index is 12.3. The lowest BCUT2D eigenvalue weighted by Gasteiger charge is -2.08. The van der Waals surface area contributed by atoms with Crippen molar-refractivity contribution in [3.8, 4) is 28.4 Å². The SMILES string of the molecule is CCCOc1ccc(-c2nn(-c3ccccc3)cc2C=NNC(=O)COc2ccc(C(C)C)cc2)cc1. The van der Waals surface area contributed by atoms with Crippen LogP contribution in [0.3, 0.4) is 0 Å². The van der Waals surface area contributed by atoms with E-state index >= 15 is 0 Å². The molecule has 3 aromatic carbocycles. The number of benzene rings is 3. The molecule has 0 radical (unpaired) electrons. The van der Waals surface area contributed by atoms with Gasteiger partial charge in [0.15, 0.2) is 6.61 Å². The summed E-state index contributed by atoms with van der Waals surface area (Å²) in [4.78, 5) is 12.3. The van der Waals surface area contributed by atoms with Crippen molar-refractivity contribution in [3.63, 3.8) is 0 Å². The van der Waals surface area contributed by atoms with Crippen LogP contribution in [0.4, 0.5) is 0 Å². The summed E-state index contributed by atoms with van der Waals surface area (Å²) in [6.45, 7) is 6.88. The number of carbonyl (C=O) groups is 1. The molecule has 4 rings (SSSR count). The van der Waals surface area contributed by atoms with E-state index in [0.29, 0.717) is 18.3 Å². The Morgan fingerprint density at radius 2 is 1.65 bits per heavy atom. The second kappa shape index (κ2) is 12.5. The molecule has 37 heavy (non-hydrogen) atoms. The van der Waals surface area contributed by atoms with Crippen molar-refractivity contribution in [1.29, 1.82) is 0 Å². The smallest absolute Gasteiger partial charge is 0.277 e. The maximum Gasteiger partial charge on any atom is 0.277 e. The van der Waals surface area contributed by atoms with Gasteiger partial charge in [-0.1, -0.05) is 51.1 Å². The normalized spacial score (nSPS) is 11.1. The Labute approximate surface area is 217 Å². The van der Waals surface area contributed by atoms with Crippen LogP contribution >= 0.6 is 0 Å². The first-order valence-corrected chi connectivity index (χ1v) is 12.5. The Morgan fingerprint density at radius 1 is 0.973 bits per heavy atom. The van der Waals surface area contributed by atoms with Crippen LogP contribution in [0.5, 0.6) is 11.5 Å². The predicted octanol–water partition coefficient (Wildman–Crippen LogP) is 5.98. The summed E-state index contributed by atoms with van der Waals surface area (Å²) in [7, 11) is 0. The van der Waals surface area contributed by atoms with Gasteiger partial charge in [-0.05, 0) is 66.4 Å². The number of hydrogen-bond donors (Lipinski definition) is 1. The van der Waals surface area contributed by atoms with Crippen molar-refractivity contribution in [2.75, 3.05) is 13.2 Å². The monoisotopic (exact) mass is 496 g/mol. The second-order valence-electron chi connectivity index (χ2n) is 8.89. The number of para-hydroxylation sites is 1. The first kappa shape index (κ1) is 25.7. The van der Waals surface area contributed by atoms with E-state index in [2.05, 4.69) is 31.3 Å². The summed E-state index contributed by atoms with van der Waals surface area (Å²) in [6.07, 6.45) is 4.43. The van der Waals surface area contributed by atoms with Gasteiger partial charge in [0, 0.05) is 17.3 Å². The third-order valence-electron chi connectivity index (χ3n) is 5.67. The van der Waals surface area contributed by atoms with Crippen molar-refractivity contribution >= 4 is 12.1 Å². The van der Waals surface area contributed by atoms with E-state index in [0.717, 1.165) is 34.7 Å². The molecule has 4 aromatic rings. The standard InChI is InChI=1S/C30H32N4O3/c1-4-18-36-27-16-12-24(13-17-27)30-25(20-34(33-30)26-8-6-5-7-9-26)19-31-32-29(35)21-37-28-14-10-23(11-15-28)22(2)3/h5-17,19-20,22H,4,18,21H2,1-3H3,(H,32,35). The minimum atomic E-state index is -0.349. The lowest BCUT2D eigenvalue weighted by Crippen LogP contribution is -2.24. The van der Waals surface area contributed by atoms with Crippen LogP contribution < -0.4 is 14.9 Å². The van der Waals surface area contributed by atoms with Crippen LogP contribution in [0, 0.1) is 0 Å². The fourth-order valence-corrected chi connectivity index (χ4v) is 3.65. The minimum absolute atomic E-state index is 0.131. The highest BCUT2D eigenvalue weighted by atomic mass is 16.5. The molecule has 7 nitrogen and oxygen atoms in total. The number of amides is 1. The number of hydrogen-bond acceptors (Lipinski definition) is 5. The molecule has 0 spiro atoms. The van der Waals surface area contributed by atoms with Crippen molar-refractivity contribution in [2.45, 2.75) is 33.1 Å². The lowest BCUT2D eigenvalue weighted by atomic mass is 10.0. The van der Waals surface area contributed by atoms with Gasteiger partial charge in [-0.3, -0.25) is 4.79 Å². The van der Waals surface area contributed by atoms with E-state index in [9.17, 15) is 4.79 Å². The molecule has 1 N–H and O–H groups in total. The Balaban J connectivity index is 1.45. The lowest BCUT2D eigenvalue weighted by molar-refractivity contribution is -0.123. The fourth-order valence-electron chi connectivity index (χ4n) is 3.65. The highest BCUT2D eigenvalue weighted by Crippen LogP contribution is 2.25. The van der Waals surface area contributed by atoms with E-state index < -0.39 is 0 Å². The number of rotatable bonds is 11. The van der Waals surface area contributed by atoms with Crippen LogP contribution in [0.25, 0.3) is 16.9 Å². The van der Waals surface area contributed by atoms with Gasteiger partial charge < -0.3 is 9.47 Å². The average molecular weight is 497 g/mol. The molecule has 0 unspecified atom stereocenters. The van der Waals surface area contributed by atoms with Gasteiger partial charge >= 0.3 is 0 Å². The topological polar surface area (TPSA) is 77.7 Å². The first-order chi connectivity index (χ1) is 18.0.